The molecule has 4 aromatic heterocycles. The lowest BCUT2D eigenvalue weighted by atomic mass is 10.0. The fourth-order valence-electron chi connectivity index (χ4n) is 6.07. The number of pyridine rings is 1. The van der Waals surface area contributed by atoms with Crippen molar-refractivity contribution in [2.75, 3.05) is 19.8 Å². The molecule has 2 aliphatic rings. The van der Waals surface area contributed by atoms with Crippen LogP contribution in [0.3, 0.4) is 0 Å². The number of aryl methyl sites for hydroxylation is 1. The number of nitrogens with two attached hydrogens (primary N) is 1. The number of hydrogen-bond acceptors (Lipinski definition) is 6. The van der Waals surface area contributed by atoms with Gasteiger partial charge in [-0.1, -0.05) is 12.1 Å². The van der Waals surface area contributed by atoms with Gasteiger partial charge in [0.05, 0.1) is 47.6 Å². The monoisotopic (exact) mass is 588 g/mol. The summed E-state index contributed by atoms with van der Waals surface area (Å²) in [6, 6.07) is 9.25. The maximum Gasteiger partial charge on any atom is 0.255 e. The molecule has 12 heteroatoms. The summed E-state index contributed by atoms with van der Waals surface area (Å²) in [5.74, 6) is 1.37. The van der Waals surface area contributed by atoms with Crippen LogP contribution >= 0.6 is 0 Å². The smallest absolute Gasteiger partial charge is 0.255 e. The number of carbonyl (C=O) groups is 1. The van der Waals surface area contributed by atoms with E-state index in [1.807, 2.05) is 30.7 Å². The molecule has 0 saturated heterocycles. The minimum absolute atomic E-state index is 0.170. The highest BCUT2D eigenvalue weighted by Crippen LogP contribution is 2.39. The zero-order valence-corrected chi connectivity index (χ0v) is 24.2. The average molecular weight is 589 g/mol. The van der Waals surface area contributed by atoms with Crippen LogP contribution in [0.4, 0.5) is 8.78 Å². The average Bonchev–Trinajstić information content (AvgIpc) is 3.48. The fraction of sp³-hybridized carbons (Fsp3) is 0.419. The van der Waals surface area contributed by atoms with Crippen molar-refractivity contribution in [3.63, 3.8) is 0 Å². The maximum absolute atomic E-state index is 13.4. The number of aromatic nitrogens is 6. The van der Waals surface area contributed by atoms with Gasteiger partial charge in [-0.3, -0.25) is 4.79 Å². The van der Waals surface area contributed by atoms with Gasteiger partial charge in [-0.25, -0.2) is 19.3 Å². The topological polar surface area (TPSA) is 109 Å². The Morgan fingerprint density at radius 1 is 1.19 bits per heavy atom. The zero-order valence-electron chi connectivity index (χ0n) is 24.2. The highest BCUT2D eigenvalue weighted by molar-refractivity contribution is 5.99. The molecule has 2 unspecified atom stereocenters. The van der Waals surface area contributed by atoms with Crippen LogP contribution in [-0.4, -0.2) is 71.4 Å². The van der Waals surface area contributed by atoms with E-state index in [-0.39, 0.29) is 18.6 Å². The van der Waals surface area contributed by atoms with E-state index in [0.29, 0.717) is 42.2 Å². The minimum Gasteiger partial charge on any atom is -0.487 e. The van der Waals surface area contributed by atoms with E-state index in [2.05, 4.69) is 21.7 Å². The van der Waals surface area contributed by atoms with Gasteiger partial charge in [0.2, 0.25) is 5.95 Å². The number of nitrogens with zero attached hydrogens (tertiary/aromatic N) is 7. The van der Waals surface area contributed by atoms with Crippen LogP contribution in [0.5, 0.6) is 5.75 Å². The molecule has 2 atom stereocenters. The molecule has 10 nitrogen and oxygen atoms in total. The molecule has 2 N–H and O–H groups in total. The summed E-state index contributed by atoms with van der Waals surface area (Å²) in [6.45, 7) is 3.19. The molecule has 1 aromatic carbocycles. The molecule has 5 aromatic rings. The van der Waals surface area contributed by atoms with Gasteiger partial charge < -0.3 is 29.1 Å². The molecule has 0 radical (unpaired) electrons. The molecule has 0 spiro atoms. The summed E-state index contributed by atoms with van der Waals surface area (Å²) in [5.41, 5.74) is 10.3. The van der Waals surface area contributed by atoms with Gasteiger partial charge in [-0.2, -0.15) is 4.39 Å². The zero-order chi connectivity index (χ0) is 29.8. The van der Waals surface area contributed by atoms with Crippen molar-refractivity contribution in [3.8, 4) is 17.3 Å². The normalized spacial score (nSPS) is 16.7. The summed E-state index contributed by atoms with van der Waals surface area (Å²) in [4.78, 5) is 28.4. The number of halogens is 2. The first-order valence-electron chi connectivity index (χ1n) is 14.7. The van der Waals surface area contributed by atoms with E-state index < -0.39 is 18.7 Å². The lowest BCUT2D eigenvalue weighted by Crippen LogP contribution is -2.45. The van der Waals surface area contributed by atoms with Crippen LogP contribution in [0.25, 0.3) is 33.6 Å². The van der Waals surface area contributed by atoms with Gasteiger partial charge >= 0.3 is 0 Å². The van der Waals surface area contributed by atoms with E-state index in [1.54, 1.807) is 15.5 Å². The number of rotatable bonds is 10. The van der Waals surface area contributed by atoms with Crippen LogP contribution in [0.2, 0.25) is 0 Å². The number of hydrogen-bond donors (Lipinski definition) is 1. The third-order valence-electron chi connectivity index (χ3n) is 8.36. The molecule has 7 rings (SSSR count). The quantitative estimate of drug-likeness (QED) is 0.263. The van der Waals surface area contributed by atoms with E-state index in [4.69, 9.17) is 20.4 Å². The Kier molecular flexibility index (Phi) is 6.88. The first kappa shape index (κ1) is 27.5. The Morgan fingerprint density at radius 3 is 2.77 bits per heavy atom. The van der Waals surface area contributed by atoms with E-state index in [9.17, 15) is 13.6 Å². The Bertz CT molecular complexity index is 1840. The minimum atomic E-state index is -0.706. The fourth-order valence-corrected chi connectivity index (χ4v) is 6.07. The van der Waals surface area contributed by atoms with Gasteiger partial charge in [0.15, 0.2) is 11.5 Å². The highest BCUT2D eigenvalue weighted by Gasteiger charge is 2.30. The molecular weight excluding hydrogens is 554 g/mol. The number of para-hydroxylation sites is 1. The van der Waals surface area contributed by atoms with Gasteiger partial charge in [0.25, 0.3) is 5.91 Å². The van der Waals surface area contributed by atoms with Gasteiger partial charge in [0, 0.05) is 38.5 Å². The van der Waals surface area contributed by atoms with E-state index >= 15 is 0 Å². The molecule has 1 amide bonds. The van der Waals surface area contributed by atoms with Crippen molar-refractivity contribution < 1.29 is 18.3 Å². The lowest BCUT2D eigenvalue weighted by Gasteiger charge is -2.29. The standard InChI is InChI=1S/C31H34F2N8O2/c1-18(13-39-16-27(33)35-17-39)43-26-5-3-4-20-10-25(41(28(20)26)14-19-6-7-19)30-37-24-11-22-23(36-29(24)38(30)2)8-9-40(31(22)42)15-21(34)12-32/h3-5,10-11,16-19,21H,6-9,12-15,34H2,1-2H3. The number of ether oxygens (including phenoxy) is 1. The summed E-state index contributed by atoms with van der Waals surface area (Å²) in [6.07, 6.45) is 5.51. The van der Waals surface area contributed by atoms with Crippen LogP contribution < -0.4 is 10.5 Å². The number of alkyl halides is 1. The van der Waals surface area contributed by atoms with Crippen molar-refractivity contribution in [1.82, 2.24) is 33.6 Å². The lowest BCUT2D eigenvalue weighted by molar-refractivity contribution is 0.0723. The van der Waals surface area contributed by atoms with E-state index in [1.165, 1.54) is 25.4 Å². The predicted molar refractivity (Wildman–Crippen MR) is 158 cm³/mol. The van der Waals surface area contributed by atoms with Crippen LogP contribution in [0, 0.1) is 11.9 Å². The Morgan fingerprint density at radius 2 is 2.02 bits per heavy atom. The van der Waals surface area contributed by atoms with Crippen molar-refractivity contribution in [3.05, 3.63) is 60.1 Å². The second kappa shape index (κ2) is 10.7. The summed E-state index contributed by atoms with van der Waals surface area (Å²) in [7, 11) is 1.95. The number of benzene rings is 1. The maximum atomic E-state index is 13.4. The first-order chi connectivity index (χ1) is 20.8. The second-order valence-electron chi connectivity index (χ2n) is 11.8. The Balaban J connectivity index is 1.27. The van der Waals surface area contributed by atoms with Gasteiger partial charge in [0.1, 0.15) is 24.0 Å². The van der Waals surface area contributed by atoms with Crippen molar-refractivity contribution in [2.45, 2.75) is 51.4 Å². The number of fused-ring (bicyclic) bond motifs is 3. The molecule has 1 aliphatic carbocycles. The van der Waals surface area contributed by atoms with Gasteiger partial charge in [-0.15, -0.1) is 0 Å². The summed E-state index contributed by atoms with van der Waals surface area (Å²) >= 11 is 0. The molecule has 0 bridgehead atoms. The number of imidazole rings is 2. The van der Waals surface area contributed by atoms with Crippen LogP contribution in [0.1, 0.15) is 35.8 Å². The predicted octanol–water partition coefficient (Wildman–Crippen LogP) is 4.10. The first-order valence-corrected chi connectivity index (χ1v) is 14.7. The summed E-state index contributed by atoms with van der Waals surface area (Å²) < 4.78 is 38.9. The van der Waals surface area contributed by atoms with Crippen molar-refractivity contribution >= 4 is 28.0 Å². The number of carbonyl (C=O) groups excluding carboxylic acids is 1. The number of amides is 1. The van der Waals surface area contributed by atoms with Crippen molar-refractivity contribution in [1.29, 1.82) is 0 Å². The van der Waals surface area contributed by atoms with Crippen LogP contribution in [-0.2, 0) is 26.6 Å². The van der Waals surface area contributed by atoms with Crippen molar-refractivity contribution in [2.24, 2.45) is 18.7 Å². The SMILES string of the molecule is CC(Cn1cnc(F)c1)Oc1cccc2cc(-c3nc4cc5c(nc4n3C)CCN(CC(N)CF)C5=O)n(CC3CC3)c12. The largest absolute Gasteiger partial charge is 0.487 e. The molecule has 1 saturated carbocycles. The van der Waals surface area contributed by atoms with Crippen LogP contribution in [0.15, 0.2) is 42.9 Å². The Labute approximate surface area is 247 Å². The molecule has 43 heavy (non-hydrogen) atoms. The molecule has 1 aliphatic heterocycles. The van der Waals surface area contributed by atoms with E-state index in [0.717, 1.165) is 40.4 Å². The summed E-state index contributed by atoms with van der Waals surface area (Å²) in [5, 5.41) is 1.03. The molecule has 224 valence electrons. The molecule has 5 heterocycles. The molecular formula is C31H34F2N8O2. The van der Waals surface area contributed by atoms with Gasteiger partial charge in [-0.05, 0) is 43.9 Å². The highest BCUT2D eigenvalue weighted by atomic mass is 19.1. The Hall–Kier alpha value is -4.32. The third kappa shape index (κ3) is 5.13. The third-order valence-corrected chi connectivity index (χ3v) is 8.36. The second-order valence-corrected chi connectivity index (χ2v) is 11.8. The molecule has 1 fully saturated rings.